The summed E-state index contributed by atoms with van der Waals surface area (Å²) in [6, 6.07) is 0.820. The molecular formula is C17H17N5O4S2. The normalized spacial score (nSPS) is 18.4. The van der Waals surface area contributed by atoms with Crippen LogP contribution >= 0.6 is 23.1 Å². The Balaban J connectivity index is 1.60. The number of nitrogens with one attached hydrogen (secondary N) is 3. The topological polar surface area (TPSA) is 141 Å². The third-order valence-electron chi connectivity index (χ3n) is 4.17. The Morgan fingerprint density at radius 1 is 1.36 bits per heavy atom. The largest absolute Gasteiger partial charge is 0.337 e. The molecular weight excluding hydrogens is 402 g/mol. The molecule has 1 unspecified atom stereocenters. The van der Waals surface area contributed by atoms with Crippen LogP contribution in [0.1, 0.15) is 35.8 Å². The number of nitriles is 1. The Kier molecular flexibility index (Phi) is 6.11. The number of thioether (sulfide) groups is 1. The highest BCUT2D eigenvalue weighted by Gasteiger charge is 2.33. The lowest BCUT2D eigenvalue weighted by atomic mass is 9.96. The Bertz CT molecular complexity index is 931. The SMILES string of the molecule is CC(=O)NC1C(=O)N=C(SCC(=O)Nc2sc3c(c2C#N)CCCC3)NC1=O. The van der Waals surface area contributed by atoms with Crippen LogP contribution < -0.4 is 16.0 Å². The zero-order valence-corrected chi connectivity index (χ0v) is 16.6. The molecule has 3 N–H and O–H groups in total. The van der Waals surface area contributed by atoms with Gasteiger partial charge in [0.05, 0.1) is 11.3 Å². The lowest BCUT2D eigenvalue weighted by molar-refractivity contribution is -0.134. The molecule has 1 aromatic rings. The summed E-state index contributed by atoms with van der Waals surface area (Å²) in [6.07, 6.45) is 3.88. The molecule has 28 heavy (non-hydrogen) atoms. The first kappa shape index (κ1) is 20.0. The van der Waals surface area contributed by atoms with Crippen molar-refractivity contribution in [3.63, 3.8) is 0 Å². The molecule has 2 heterocycles. The Labute approximate surface area is 169 Å². The zero-order chi connectivity index (χ0) is 20.3. The maximum Gasteiger partial charge on any atom is 0.280 e. The van der Waals surface area contributed by atoms with Gasteiger partial charge in [0.1, 0.15) is 11.1 Å². The van der Waals surface area contributed by atoms with Gasteiger partial charge in [0, 0.05) is 11.8 Å². The van der Waals surface area contributed by atoms with Gasteiger partial charge in [0.2, 0.25) is 11.8 Å². The number of aliphatic imine (C=N–C) groups is 1. The maximum atomic E-state index is 12.3. The van der Waals surface area contributed by atoms with E-state index in [9.17, 15) is 24.4 Å². The number of aryl methyl sites for hydroxylation is 1. The van der Waals surface area contributed by atoms with Crippen LogP contribution in [0.5, 0.6) is 0 Å². The molecule has 0 saturated heterocycles. The second-order valence-corrected chi connectivity index (χ2v) is 8.31. The summed E-state index contributed by atoms with van der Waals surface area (Å²) in [6.45, 7) is 1.19. The van der Waals surface area contributed by atoms with Crippen LogP contribution in [0.4, 0.5) is 5.00 Å². The second kappa shape index (κ2) is 8.53. The summed E-state index contributed by atoms with van der Waals surface area (Å²) in [7, 11) is 0. The quantitative estimate of drug-likeness (QED) is 0.613. The van der Waals surface area contributed by atoms with Gasteiger partial charge in [0.15, 0.2) is 11.2 Å². The number of amides is 4. The van der Waals surface area contributed by atoms with Crippen LogP contribution in [-0.2, 0) is 32.0 Å². The van der Waals surface area contributed by atoms with Gasteiger partial charge in [-0.15, -0.1) is 11.3 Å². The summed E-state index contributed by atoms with van der Waals surface area (Å²) >= 11 is 2.32. The van der Waals surface area contributed by atoms with Crippen molar-refractivity contribution >= 4 is 56.9 Å². The minimum atomic E-state index is -1.36. The van der Waals surface area contributed by atoms with E-state index in [0.717, 1.165) is 47.9 Å². The van der Waals surface area contributed by atoms with Gasteiger partial charge in [-0.3, -0.25) is 19.2 Å². The highest BCUT2D eigenvalue weighted by atomic mass is 32.2. The number of carbonyl (C=O) groups excluding carboxylic acids is 4. The molecule has 2 aliphatic rings. The maximum absolute atomic E-state index is 12.3. The molecule has 0 spiro atoms. The predicted octanol–water partition coefficient (Wildman–Crippen LogP) is 0.687. The van der Waals surface area contributed by atoms with E-state index in [1.165, 1.54) is 18.3 Å². The molecule has 0 aromatic carbocycles. The Morgan fingerprint density at radius 2 is 2.11 bits per heavy atom. The average molecular weight is 419 g/mol. The zero-order valence-electron chi connectivity index (χ0n) is 15.0. The molecule has 0 fully saturated rings. The van der Waals surface area contributed by atoms with Crippen molar-refractivity contribution < 1.29 is 19.2 Å². The molecule has 11 heteroatoms. The molecule has 1 atom stereocenters. The lowest BCUT2D eigenvalue weighted by Crippen LogP contribution is -2.54. The Hall–Kier alpha value is -2.71. The fourth-order valence-electron chi connectivity index (χ4n) is 2.95. The number of hydrogen-bond donors (Lipinski definition) is 3. The van der Waals surface area contributed by atoms with E-state index in [1.807, 2.05) is 0 Å². The molecule has 0 bridgehead atoms. The number of carbonyl (C=O) groups is 4. The van der Waals surface area contributed by atoms with Crippen LogP contribution in [-0.4, -0.2) is 40.6 Å². The van der Waals surface area contributed by atoms with Gasteiger partial charge < -0.3 is 16.0 Å². The van der Waals surface area contributed by atoms with E-state index in [4.69, 9.17) is 0 Å². The van der Waals surface area contributed by atoms with E-state index in [1.54, 1.807) is 0 Å². The number of nitrogens with zero attached hydrogens (tertiary/aromatic N) is 2. The van der Waals surface area contributed by atoms with Gasteiger partial charge >= 0.3 is 0 Å². The average Bonchev–Trinajstić information content (AvgIpc) is 2.99. The van der Waals surface area contributed by atoms with E-state index < -0.39 is 23.8 Å². The summed E-state index contributed by atoms with van der Waals surface area (Å²) < 4.78 is 0. The monoisotopic (exact) mass is 419 g/mol. The number of hydrogen-bond acceptors (Lipinski definition) is 7. The van der Waals surface area contributed by atoms with Crippen molar-refractivity contribution in [3.05, 3.63) is 16.0 Å². The first-order valence-electron chi connectivity index (χ1n) is 8.57. The molecule has 0 radical (unpaired) electrons. The minimum absolute atomic E-state index is 0.00210. The van der Waals surface area contributed by atoms with E-state index in [-0.39, 0.29) is 16.8 Å². The number of amidine groups is 1. The van der Waals surface area contributed by atoms with E-state index in [0.29, 0.717) is 10.6 Å². The van der Waals surface area contributed by atoms with Crippen LogP contribution in [0.2, 0.25) is 0 Å². The third kappa shape index (κ3) is 4.40. The van der Waals surface area contributed by atoms with Gasteiger partial charge in [-0.05, 0) is 31.2 Å². The van der Waals surface area contributed by atoms with Gasteiger partial charge in [-0.2, -0.15) is 10.3 Å². The number of fused-ring (bicyclic) bond motifs is 1. The lowest BCUT2D eigenvalue weighted by Gasteiger charge is -2.19. The van der Waals surface area contributed by atoms with Crippen molar-refractivity contribution in [2.45, 2.75) is 38.6 Å². The standard InChI is InChI=1S/C17H17N5O4S2/c1-8(23)19-13-14(25)21-17(22-15(13)26)27-7-12(24)20-16-10(6-18)9-4-2-3-5-11(9)28-16/h13H,2-5,7H2,1H3,(H,19,23)(H,20,24)(H,21,22,25,26). The molecule has 1 aliphatic carbocycles. The minimum Gasteiger partial charge on any atom is -0.337 e. The molecule has 3 rings (SSSR count). The van der Waals surface area contributed by atoms with Crippen molar-refractivity contribution in [2.75, 3.05) is 11.1 Å². The van der Waals surface area contributed by atoms with Crippen LogP contribution in [0, 0.1) is 11.3 Å². The predicted molar refractivity (Wildman–Crippen MR) is 105 cm³/mol. The summed E-state index contributed by atoms with van der Waals surface area (Å²) in [5, 5.41) is 17.3. The smallest absolute Gasteiger partial charge is 0.280 e. The van der Waals surface area contributed by atoms with Crippen molar-refractivity contribution in [1.82, 2.24) is 10.6 Å². The number of rotatable bonds is 4. The number of anilines is 1. The number of thiophene rings is 1. The van der Waals surface area contributed by atoms with Gasteiger partial charge in [-0.25, -0.2) is 0 Å². The fourth-order valence-corrected chi connectivity index (χ4v) is 4.87. The second-order valence-electron chi connectivity index (χ2n) is 6.24. The molecule has 9 nitrogen and oxygen atoms in total. The van der Waals surface area contributed by atoms with E-state index in [2.05, 4.69) is 27.0 Å². The molecule has 4 amide bonds. The van der Waals surface area contributed by atoms with Gasteiger partial charge in [0.25, 0.3) is 11.8 Å². The summed E-state index contributed by atoms with van der Waals surface area (Å²) in [5.74, 6) is -2.47. The van der Waals surface area contributed by atoms with Gasteiger partial charge in [-0.1, -0.05) is 11.8 Å². The van der Waals surface area contributed by atoms with Crippen LogP contribution in [0.25, 0.3) is 0 Å². The van der Waals surface area contributed by atoms with Crippen LogP contribution in [0.15, 0.2) is 4.99 Å². The first-order chi connectivity index (χ1) is 13.4. The summed E-state index contributed by atoms with van der Waals surface area (Å²) in [4.78, 5) is 51.9. The van der Waals surface area contributed by atoms with Crippen LogP contribution in [0.3, 0.4) is 0 Å². The third-order valence-corrected chi connectivity index (χ3v) is 6.26. The molecule has 0 saturated carbocycles. The van der Waals surface area contributed by atoms with E-state index >= 15 is 0 Å². The summed E-state index contributed by atoms with van der Waals surface area (Å²) in [5.41, 5.74) is 1.55. The molecule has 146 valence electrons. The van der Waals surface area contributed by atoms with Crippen molar-refractivity contribution in [1.29, 1.82) is 5.26 Å². The van der Waals surface area contributed by atoms with Crippen molar-refractivity contribution in [2.24, 2.45) is 4.99 Å². The fraction of sp³-hybridized carbons (Fsp3) is 0.412. The Morgan fingerprint density at radius 3 is 2.79 bits per heavy atom. The highest BCUT2D eigenvalue weighted by molar-refractivity contribution is 8.14. The highest BCUT2D eigenvalue weighted by Crippen LogP contribution is 2.37. The van der Waals surface area contributed by atoms with Crippen molar-refractivity contribution in [3.8, 4) is 6.07 Å². The molecule has 1 aliphatic heterocycles. The molecule has 1 aromatic heterocycles. The first-order valence-corrected chi connectivity index (χ1v) is 10.4.